The van der Waals surface area contributed by atoms with Gasteiger partial charge in [-0.3, -0.25) is 0 Å². The van der Waals surface area contributed by atoms with Crippen molar-refractivity contribution in [1.29, 1.82) is 0 Å². The van der Waals surface area contributed by atoms with Gasteiger partial charge in [0, 0.05) is 6.54 Å². The molecule has 3 nitrogen and oxygen atoms in total. The highest BCUT2D eigenvalue weighted by Gasteiger charge is 2.13. The van der Waals surface area contributed by atoms with E-state index in [9.17, 15) is 0 Å². The zero-order valence-corrected chi connectivity index (χ0v) is 16.0. The fourth-order valence-electron chi connectivity index (χ4n) is 2.25. The van der Waals surface area contributed by atoms with Crippen LogP contribution >= 0.6 is 15.9 Å². The number of halogens is 1. The molecule has 0 bridgehead atoms. The molecule has 1 N–H and O–H groups in total. The highest BCUT2D eigenvalue weighted by Crippen LogP contribution is 2.37. The van der Waals surface area contributed by atoms with Crippen molar-refractivity contribution in [2.24, 2.45) is 0 Å². The molecule has 1 aromatic carbocycles. The van der Waals surface area contributed by atoms with E-state index in [4.69, 9.17) is 9.47 Å². The van der Waals surface area contributed by atoms with Crippen LogP contribution in [0, 0.1) is 0 Å². The first-order valence-electron chi connectivity index (χ1n) is 8.41. The Morgan fingerprint density at radius 3 is 2.55 bits per heavy atom. The third-order valence-corrected chi connectivity index (χ3v) is 3.85. The highest BCUT2D eigenvalue weighted by molar-refractivity contribution is 9.10. The number of benzene rings is 1. The first-order chi connectivity index (χ1) is 10.6. The van der Waals surface area contributed by atoms with Crippen molar-refractivity contribution in [2.45, 2.75) is 66.0 Å². The lowest BCUT2D eigenvalue weighted by molar-refractivity contribution is 0.222. The Kier molecular flexibility index (Phi) is 9.56. The molecule has 4 heteroatoms. The van der Waals surface area contributed by atoms with Crippen LogP contribution in [0.5, 0.6) is 11.5 Å². The van der Waals surface area contributed by atoms with Crippen LogP contribution in [0.25, 0.3) is 0 Å². The van der Waals surface area contributed by atoms with Gasteiger partial charge in [0.05, 0.1) is 17.2 Å². The monoisotopic (exact) mass is 371 g/mol. The van der Waals surface area contributed by atoms with E-state index in [2.05, 4.69) is 40.3 Å². The number of unbranched alkanes of at least 4 members (excludes halogenated alkanes) is 3. The summed E-state index contributed by atoms with van der Waals surface area (Å²) in [6, 6.07) is 4.18. The summed E-state index contributed by atoms with van der Waals surface area (Å²) in [5.74, 6) is 1.61. The highest BCUT2D eigenvalue weighted by atomic mass is 79.9. The van der Waals surface area contributed by atoms with Gasteiger partial charge in [0.2, 0.25) is 0 Å². The van der Waals surface area contributed by atoms with Crippen LogP contribution in [-0.4, -0.2) is 19.3 Å². The van der Waals surface area contributed by atoms with E-state index in [1.807, 2.05) is 20.8 Å². The van der Waals surface area contributed by atoms with Crippen molar-refractivity contribution in [3.05, 3.63) is 22.2 Å². The van der Waals surface area contributed by atoms with Gasteiger partial charge in [-0.15, -0.1) is 0 Å². The summed E-state index contributed by atoms with van der Waals surface area (Å²) < 4.78 is 12.6. The quantitative estimate of drug-likeness (QED) is 0.535. The Morgan fingerprint density at radius 1 is 1.14 bits per heavy atom. The van der Waals surface area contributed by atoms with Crippen LogP contribution in [0.15, 0.2) is 16.6 Å². The van der Waals surface area contributed by atoms with E-state index in [-0.39, 0.29) is 6.10 Å². The van der Waals surface area contributed by atoms with Crippen molar-refractivity contribution >= 4 is 15.9 Å². The summed E-state index contributed by atoms with van der Waals surface area (Å²) in [6.07, 6.45) is 5.27. The minimum atomic E-state index is 0.123. The Morgan fingerprint density at radius 2 is 1.91 bits per heavy atom. The molecule has 0 amide bonds. The molecule has 0 unspecified atom stereocenters. The summed E-state index contributed by atoms with van der Waals surface area (Å²) >= 11 is 3.61. The van der Waals surface area contributed by atoms with Gasteiger partial charge < -0.3 is 14.8 Å². The van der Waals surface area contributed by atoms with Crippen LogP contribution in [0.4, 0.5) is 0 Å². The molecule has 1 rings (SSSR count). The van der Waals surface area contributed by atoms with Gasteiger partial charge in [-0.2, -0.15) is 0 Å². The third kappa shape index (κ3) is 7.01. The van der Waals surface area contributed by atoms with Crippen LogP contribution < -0.4 is 14.8 Å². The summed E-state index contributed by atoms with van der Waals surface area (Å²) in [4.78, 5) is 0. The van der Waals surface area contributed by atoms with Gasteiger partial charge in [-0.05, 0) is 67.4 Å². The fraction of sp³-hybridized carbons (Fsp3) is 0.667. The maximum Gasteiger partial charge on any atom is 0.175 e. The van der Waals surface area contributed by atoms with Crippen LogP contribution in [0.1, 0.15) is 58.9 Å². The van der Waals surface area contributed by atoms with E-state index in [0.717, 1.165) is 29.1 Å². The number of ether oxygens (including phenoxy) is 2. The predicted octanol–water partition coefficient (Wildman–Crippen LogP) is 5.30. The molecule has 1 aromatic rings. The van der Waals surface area contributed by atoms with Gasteiger partial charge in [0.25, 0.3) is 0 Å². The number of hydrogen-bond acceptors (Lipinski definition) is 3. The second-order valence-corrected chi connectivity index (χ2v) is 6.60. The zero-order chi connectivity index (χ0) is 16.4. The molecular formula is C18H30BrNO2. The molecule has 0 aliphatic heterocycles. The van der Waals surface area contributed by atoms with E-state index >= 15 is 0 Å². The molecule has 0 aliphatic carbocycles. The number of hydrogen-bond donors (Lipinski definition) is 1. The second kappa shape index (κ2) is 10.9. The van der Waals surface area contributed by atoms with Crippen LogP contribution in [0.3, 0.4) is 0 Å². The first-order valence-corrected chi connectivity index (χ1v) is 9.20. The number of nitrogens with one attached hydrogen (secondary N) is 1. The van der Waals surface area contributed by atoms with E-state index in [1.54, 1.807) is 0 Å². The van der Waals surface area contributed by atoms with E-state index in [0.29, 0.717) is 6.61 Å². The molecule has 0 heterocycles. The molecule has 0 spiro atoms. The minimum absolute atomic E-state index is 0.123. The molecule has 0 saturated carbocycles. The Hall–Kier alpha value is -0.740. The summed E-state index contributed by atoms with van der Waals surface area (Å²) in [5.41, 5.74) is 1.21. The standard InChI is InChI=1S/C18H30BrNO2/c1-5-7-8-9-10-20-13-15-11-16(19)18(22-14(3)4)17(12-15)21-6-2/h11-12,14,20H,5-10,13H2,1-4H3. The smallest absolute Gasteiger partial charge is 0.175 e. The summed E-state index contributed by atoms with van der Waals surface area (Å²) in [7, 11) is 0. The molecular weight excluding hydrogens is 342 g/mol. The largest absolute Gasteiger partial charge is 0.490 e. The molecule has 0 aromatic heterocycles. The molecule has 0 radical (unpaired) electrons. The molecule has 0 saturated heterocycles. The van der Waals surface area contributed by atoms with Gasteiger partial charge in [-0.1, -0.05) is 26.2 Å². The first kappa shape index (κ1) is 19.3. The van der Waals surface area contributed by atoms with Crippen molar-refractivity contribution < 1.29 is 9.47 Å². The third-order valence-electron chi connectivity index (χ3n) is 3.26. The summed E-state index contributed by atoms with van der Waals surface area (Å²) in [6.45, 7) is 10.8. The topological polar surface area (TPSA) is 30.5 Å². The van der Waals surface area contributed by atoms with Gasteiger partial charge in [-0.25, -0.2) is 0 Å². The summed E-state index contributed by atoms with van der Waals surface area (Å²) in [5, 5.41) is 3.50. The van der Waals surface area contributed by atoms with Crippen molar-refractivity contribution in [1.82, 2.24) is 5.32 Å². The Bertz CT molecular complexity index is 435. The average molecular weight is 372 g/mol. The normalized spacial score (nSPS) is 11.0. The van der Waals surface area contributed by atoms with Crippen molar-refractivity contribution in [3.63, 3.8) is 0 Å². The lowest BCUT2D eigenvalue weighted by Crippen LogP contribution is -2.15. The van der Waals surface area contributed by atoms with E-state index < -0.39 is 0 Å². The minimum Gasteiger partial charge on any atom is -0.490 e. The molecule has 126 valence electrons. The fourth-order valence-corrected chi connectivity index (χ4v) is 2.83. The predicted molar refractivity (Wildman–Crippen MR) is 96.9 cm³/mol. The SMILES string of the molecule is CCCCCCNCc1cc(Br)c(OC(C)C)c(OCC)c1. The molecule has 22 heavy (non-hydrogen) atoms. The van der Waals surface area contributed by atoms with Gasteiger partial charge >= 0.3 is 0 Å². The van der Waals surface area contributed by atoms with Gasteiger partial charge in [0.1, 0.15) is 0 Å². The molecule has 0 atom stereocenters. The van der Waals surface area contributed by atoms with Gasteiger partial charge in [0.15, 0.2) is 11.5 Å². The van der Waals surface area contributed by atoms with Crippen LogP contribution in [0.2, 0.25) is 0 Å². The number of rotatable bonds is 11. The molecule has 0 fully saturated rings. The lowest BCUT2D eigenvalue weighted by atomic mass is 10.2. The maximum absolute atomic E-state index is 5.86. The van der Waals surface area contributed by atoms with Crippen LogP contribution in [-0.2, 0) is 6.54 Å². The second-order valence-electron chi connectivity index (χ2n) is 5.74. The maximum atomic E-state index is 5.86. The Labute approximate surface area is 143 Å². The van der Waals surface area contributed by atoms with E-state index in [1.165, 1.54) is 31.2 Å². The van der Waals surface area contributed by atoms with Crippen molar-refractivity contribution in [3.8, 4) is 11.5 Å². The van der Waals surface area contributed by atoms with Crippen molar-refractivity contribution in [2.75, 3.05) is 13.2 Å². The lowest BCUT2D eigenvalue weighted by Gasteiger charge is -2.17. The molecule has 0 aliphatic rings. The average Bonchev–Trinajstić information content (AvgIpc) is 2.46. The zero-order valence-electron chi connectivity index (χ0n) is 14.4. The Balaban J connectivity index is 2.64.